The van der Waals surface area contributed by atoms with Gasteiger partial charge in [-0.25, -0.2) is 0 Å². The summed E-state index contributed by atoms with van der Waals surface area (Å²) < 4.78 is -0.155. The number of likely N-dealkylation sites (tertiary alicyclic amines) is 1. The second kappa shape index (κ2) is 6.50. The fraction of sp³-hybridized carbons (Fsp3) is 0.917. The maximum absolute atomic E-state index is 8.89. The molecule has 0 radical (unpaired) electrons. The second-order valence-electron chi connectivity index (χ2n) is 4.69. The van der Waals surface area contributed by atoms with Crippen molar-refractivity contribution < 1.29 is 5.21 Å². The Bertz CT molecular complexity index is 258. The van der Waals surface area contributed by atoms with Crippen molar-refractivity contribution in [3.05, 3.63) is 0 Å². The van der Waals surface area contributed by atoms with Gasteiger partial charge in [0, 0.05) is 19.1 Å². The number of amidine groups is 1. The van der Waals surface area contributed by atoms with Crippen LogP contribution in [0.2, 0.25) is 0 Å². The largest absolute Gasteiger partial charge is 0.409 e. The number of nitrogens with two attached hydrogens (primary N) is 1. The van der Waals surface area contributed by atoms with Gasteiger partial charge in [-0.05, 0) is 31.9 Å². The molecule has 1 saturated heterocycles. The van der Waals surface area contributed by atoms with Crippen LogP contribution in [0.1, 0.15) is 39.5 Å². The van der Waals surface area contributed by atoms with Gasteiger partial charge < -0.3 is 15.8 Å². The highest BCUT2D eigenvalue weighted by Crippen LogP contribution is 2.35. The first-order chi connectivity index (χ1) is 8.13. The van der Waals surface area contributed by atoms with Crippen LogP contribution in [0.5, 0.6) is 0 Å². The molecule has 0 aromatic rings. The van der Waals surface area contributed by atoms with Crippen molar-refractivity contribution in [1.82, 2.24) is 4.90 Å². The number of hydrogen-bond acceptors (Lipinski definition) is 4. The summed E-state index contributed by atoms with van der Waals surface area (Å²) in [6.45, 7) is 6.58. The lowest BCUT2D eigenvalue weighted by Crippen LogP contribution is -2.52. The first-order valence-corrected chi connectivity index (χ1v) is 7.63. The Morgan fingerprint density at radius 2 is 1.94 bits per heavy atom. The Morgan fingerprint density at radius 1 is 1.41 bits per heavy atom. The van der Waals surface area contributed by atoms with Gasteiger partial charge in [0.2, 0.25) is 0 Å². The highest BCUT2D eigenvalue weighted by molar-refractivity contribution is 8.00. The van der Waals surface area contributed by atoms with E-state index < -0.39 is 0 Å². The molecule has 100 valence electrons. The molecule has 0 aromatic heterocycles. The number of piperidine rings is 1. The van der Waals surface area contributed by atoms with Crippen LogP contribution in [0, 0.1) is 0 Å². The topological polar surface area (TPSA) is 61.8 Å². The predicted octanol–water partition coefficient (Wildman–Crippen LogP) is 2.12. The third-order valence-electron chi connectivity index (χ3n) is 4.03. The van der Waals surface area contributed by atoms with Crippen LogP contribution >= 0.6 is 11.8 Å². The van der Waals surface area contributed by atoms with E-state index in [9.17, 15) is 0 Å². The van der Waals surface area contributed by atoms with Gasteiger partial charge >= 0.3 is 0 Å². The molecule has 1 rings (SSSR count). The van der Waals surface area contributed by atoms with Crippen molar-refractivity contribution in [1.29, 1.82) is 0 Å². The van der Waals surface area contributed by atoms with E-state index in [4.69, 9.17) is 10.9 Å². The van der Waals surface area contributed by atoms with Crippen LogP contribution in [-0.2, 0) is 0 Å². The summed E-state index contributed by atoms with van der Waals surface area (Å²) in [5.74, 6) is 0.384. The summed E-state index contributed by atoms with van der Waals surface area (Å²) in [5, 5.41) is 12.1. The average Bonchev–Trinajstić information content (AvgIpc) is 2.40. The summed E-state index contributed by atoms with van der Waals surface area (Å²) in [5.41, 5.74) is 5.84. The van der Waals surface area contributed by atoms with Crippen molar-refractivity contribution in [3.63, 3.8) is 0 Å². The summed E-state index contributed by atoms with van der Waals surface area (Å²) in [4.78, 5) is 2.54. The number of oxime groups is 1. The van der Waals surface area contributed by atoms with Crippen LogP contribution in [0.3, 0.4) is 0 Å². The Morgan fingerprint density at radius 3 is 2.29 bits per heavy atom. The minimum Gasteiger partial charge on any atom is -0.409 e. The maximum atomic E-state index is 8.89. The van der Waals surface area contributed by atoms with Crippen LogP contribution in [-0.4, -0.2) is 46.1 Å². The smallest absolute Gasteiger partial charge is 0.155 e. The molecule has 0 bridgehead atoms. The van der Waals surface area contributed by atoms with Crippen molar-refractivity contribution in [2.45, 2.75) is 50.3 Å². The minimum atomic E-state index is -0.155. The number of thioether (sulfide) groups is 1. The fourth-order valence-electron chi connectivity index (χ4n) is 2.71. The molecule has 17 heavy (non-hydrogen) atoms. The third kappa shape index (κ3) is 3.07. The molecule has 4 nitrogen and oxygen atoms in total. The lowest BCUT2D eigenvalue weighted by molar-refractivity contribution is 0.148. The summed E-state index contributed by atoms with van der Waals surface area (Å²) in [6, 6.07) is 0.683. The summed E-state index contributed by atoms with van der Waals surface area (Å²) >= 11 is 1.71. The predicted molar refractivity (Wildman–Crippen MR) is 74.8 cm³/mol. The number of rotatable bonds is 5. The van der Waals surface area contributed by atoms with Gasteiger partial charge in [-0.1, -0.05) is 19.0 Å². The van der Waals surface area contributed by atoms with E-state index >= 15 is 0 Å². The van der Waals surface area contributed by atoms with Gasteiger partial charge in [0.1, 0.15) is 0 Å². The molecule has 5 heteroatoms. The monoisotopic (exact) mass is 259 g/mol. The van der Waals surface area contributed by atoms with Crippen LogP contribution < -0.4 is 5.73 Å². The molecule has 1 aliphatic rings. The normalized spacial score (nSPS) is 22.0. The number of hydrogen-bond donors (Lipinski definition) is 2. The zero-order chi connectivity index (χ0) is 12.9. The van der Waals surface area contributed by atoms with Gasteiger partial charge in [0.15, 0.2) is 5.84 Å². The average molecular weight is 259 g/mol. The summed E-state index contributed by atoms with van der Waals surface area (Å²) in [7, 11) is 0. The van der Waals surface area contributed by atoms with Crippen molar-refractivity contribution in [2.24, 2.45) is 10.9 Å². The van der Waals surface area contributed by atoms with Gasteiger partial charge in [-0.3, -0.25) is 0 Å². The Kier molecular flexibility index (Phi) is 5.59. The standard InChI is InChI=1S/C12H25N3OS/c1-4-10(5-2)15-8-6-12(17-3,7-9-15)11(13)14-16/h10,16H,4-9H2,1-3H3,(H2,13,14). The van der Waals surface area contributed by atoms with E-state index in [0.29, 0.717) is 11.9 Å². The minimum absolute atomic E-state index is 0.155. The molecule has 1 fully saturated rings. The third-order valence-corrected chi connectivity index (χ3v) is 5.43. The quantitative estimate of drug-likeness (QED) is 0.343. The van der Waals surface area contributed by atoms with Gasteiger partial charge in [-0.2, -0.15) is 11.8 Å². The van der Waals surface area contributed by atoms with Crippen molar-refractivity contribution >= 4 is 17.6 Å². The molecule has 3 N–H and O–H groups in total. The molecular formula is C12H25N3OS. The van der Waals surface area contributed by atoms with Crippen LogP contribution in [0.25, 0.3) is 0 Å². The first kappa shape index (κ1) is 14.6. The van der Waals surface area contributed by atoms with E-state index in [1.807, 2.05) is 6.26 Å². The van der Waals surface area contributed by atoms with E-state index in [2.05, 4.69) is 23.9 Å². The fourth-order valence-corrected chi connectivity index (χ4v) is 3.55. The second-order valence-corrected chi connectivity index (χ2v) is 5.88. The van der Waals surface area contributed by atoms with Crippen molar-refractivity contribution in [2.75, 3.05) is 19.3 Å². The summed E-state index contributed by atoms with van der Waals surface area (Å²) in [6.07, 6.45) is 6.39. The first-order valence-electron chi connectivity index (χ1n) is 6.40. The highest BCUT2D eigenvalue weighted by atomic mass is 32.2. The molecule has 0 amide bonds. The van der Waals surface area contributed by atoms with Crippen LogP contribution in [0.15, 0.2) is 5.16 Å². The van der Waals surface area contributed by atoms with Crippen molar-refractivity contribution in [3.8, 4) is 0 Å². The van der Waals surface area contributed by atoms with Crippen LogP contribution in [0.4, 0.5) is 0 Å². The highest BCUT2D eigenvalue weighted by Gasteiger charge is 2.39. The zero-order valence-electron chi connectivity index (χ0n) is 11.1. The SMILES string of the molecule is CCC(CC)N1CCC(SC)(/C(N)=N/O)CC1. The van der Waals surface area contributed by atoms with E-state index in [1.165, 1.54) is 12.8 Å². The Hall–Kier alpha value is -0.420. The zero-order valence-corrected chi connectivity index (χ0v) is 12.0. The molecule has 1 aliphatic heterocycles. The maximum Gasteiger partial charge on any atom is 0.155 e. The van der Waals surface area contributed by atoms with Gasteiger partial charge in [0.25, 0.3) is 0 Å². The molecule has 1 heterocycles. The molecular weight excluding hydrogens is 234 g/mol. The Balaban J connectivity index is 2.65. The molecule has 0 saturated carbocycles. The number of nitrogens with zero attached hydrogens (tertiary/aromatic N) is 2. The lowest BCUT2D eigenvalue weighted by atomic mass is 9.92. The van der Waals surface area contributed by atoms with E-state index in [0.717, 1.165) is 25.9 Å². The van der Waals surface area contributed by atoms with Gasteiger partial charge in [-0.15, -0.1) is 0 Å². The molecule has 0 spiro atoms. The lowest BCUT2D eigenvalue weighted by Gasteiger charge is -2.42. The van der Waals surface area contributed by atoms with E-state index in [-0.39, 0.29) is 4.75 Å². The molecule has 0 unspecified atom stereocenters. The van der Waals surface area contributed by atoms with E-state index in [1.54, 1.807) is 11.8 Å². The Labute approximate surface area is 109 Å². The molecule has 0 aromatic carbocycles. The van der Waals surface area contributed by atoms with Gasteiger partial charge in [0.05, 0.1) is 4.75 Å². The molecule has 0 aliphatic carbocycles. The molecule has 0 atom stereocenters.